The van der Waals surface area contributed by atoms with Crippen molar-refractivity contribution in [2.45, 2.75) is 335 Å². The number of carbonyl (C=O) groups excluding carboxylic acids is 3. The Hall–Kier alpha value is -2.37. The van der Waals surface area contributed by atoms with Crippen LogP contribution in [-0.4, -0.2) is 37.2 Å². The van der Waals surface area contributed by atoms with Gasteiger partial charge in [0.25, 0.3) is 0 Å². The molecule has 404 valence electrons. The first-order valence-corrected chi connectivity index (χ1v) is 30.5. The highest BCUT2D eigenvalue weighted by Gasteiger charge is 2.19. The summed E-state index contributed by atoms with van der Waals surface area (Å²) in [5, 5.41) is 0. The van der Waals surface area contributed by atoms with Crippen molar-refractivity contribution < 1.29 is 28.6 Å². The molecule has 0 saturated heterocycles. The zero-order chi connectivity index (χ0) is 50.0. The number of allylic oxidation sites excluding steroid dienone is 6. The van der Waals surface area contributed by atoms with Gasteiger partial charge in [-0.2, -0.15) is 0 Å². The minimum atomic E-state index is -0.777. The van der Waals surface area contributed by atoms with Crippen LogP contribution in [0.5, 0.6) is 0 Å². The minimum Gasteiger partial charge on any atom is -0.462 e. The largest absolute Gasteiger partial charge is 0.462 e. The second kappa shape index (κ2) is 58.2. The molecule has 69 heavy (non-hydrogen) atoms. The van der Waals surface area contributed by atoms with E-state index in [1.165, 1.54) is 218 Å². The van der Waals surface area contributed by atoms with E-state index >= 15 is 0 Å². The highest BCUT2D eigenvalue weighted by atomic mass is 16.6. The summed E-state index contributed by atoms with van der Waals surface area (Å²) in [5.41, 5.74) is 0. The van der Waals surface area contributed by atoms with Gasteiger partial charge in [-0.15, -0.1) is 0 Å². The summed E-state index contributed by atoms with van der Waals surface area (Å²) in [6, 6.07) is 0. The third kappa shape index (κ3) is 56.4. The van der Waals surface area contributed by atoms with E-state index in [0.717, 1.165) is 70.6 Å². The zero-order valence-electron chi connectivity index (χ0n) is 46.3. The molecule has 1 unspecified atom stereocenters. The normalized spacial score (nSPS) is 12.2. The van der Waals surface area contributed by atoms with Gasteiger partial charge in [0.05, 0.1) is 0 Å². The maximum absolute atomic E-state index is 12.8. The molecule has 6 nitrogen and oxygen atoms in total. The molecule has 0 aromatic heterocycles. The van der Waals surface area contributed by atoms with Gasteiger partial charge in [-0.05, 0) is 89.9 Å². The van der Waals surface area contributed by atoms with E-state index in [4.69, 9.17) is 14.2 Å². The molecule has 0 radical (unpaired) electrons. The summed E-state index contributed by atoms with van der Waals surface area (Å²) in [6.07, 6.45) is 70.1. The van der Waals surface area contributed by atoms with Crippen LogP contribution in [0.25, 0.3) is 0 Å². The molecule has 0 aliphatic rings. The predicted molar refractivity (Wildman–Crippen MR) is 298 cm³/mol. The Balaban J connectivity index is 4.21. The SMILES string of the molecule is CCCC/C=C\CCCCCCCC(=O)OCC(COC(=O)CCCCCCCCCCCCCCC/C=C\CCCCCCCCCC)OC(=O)CCCCCCC/C=C\CCCCCCCC. The Labute approximate surface area is 429 Å². The molecule has 0 N–H and O–H groups in total. The minimum absolute atomic E-state index is 0.0755. The Morgan fingerprint density at radius 3 is 0.768 bits per heavy atom. The van der Waals surface area contributed by atoms with E-state index in [-0.39, 0.29) is 31.1 Å². The van der Waals surface area contributed by atoms with Crippen molar-refractivity contribution in [3.8, 4) is 0 Å². The molecule has 0 heterocycles. The van der Waals surface area contributed by atoms with Gasteiger partial charge in [-0.25, -0.2) is 0 Å². The van der Waals surface area contributed by atoms with Gasteiger partial charge in [0, 0.05) is 19.3 Å². The quantitative estimate of drug-likeness (QED) is 0.0261. The van der Waals surface area contributed by atoms with Crippen molar-refractivity contribution in [3.05, 3.63) is 36.5 Å². The molecule has 0 aromatic rings. The Morgan fingerprint density at radius 2 is 0.493 bits per heavy atom. The Morgan fingerprint density at radius 1 is 0.275 bits per heavy atom. The van der Waals surface area contributed by atoms with Crippen LogP contribution in [0.2, 0.25) is 0 Å². The summed E-state index contributed by atoms with van der Waals surface area (Å²) < 4.78 is 16.9. The zero-order valence-corrected chi connectivity index (χ0v) is 46.3. The van der Waals surface area contributed by atoms with Gasteiger partial charge in [-0.1, -0.05) is 256 Å². The molecule has 0 spiro atoms. The maximum atomic E-state index is 12.8. The van der Waals surface area contributed by atoms with Crippen LogP contribution in [0.15, 0.2) is 36.5 Å². The fourth-order valence-electron chi connectivity index (χ4n) is 8.94. The standard InChI is InChI=1S/C63H116O6/c1-4-7-10-13-16-19-22-24-26-27-28-29-30-31-32-33-34-35-37-38-41-44-47-50-53-56-62(65)68-59-60(58-67-61(64)55-52-49-46-43-40-21-18-15-12-9-6-3)69-63(66)57-54-51-48-45-42-39-36-25-23-20-17-14-11-8-5-2/h15,18,25,27-28,36,60H,4-14,16-17,19-24,26,29-35,37-59H2,1-3H3/b18-15-,28-27-,36-25-. The van der Waals surface area contributed by atoms with Crippen molar-refractivity contribution >= 4 is 17.9 Å². The highest BCUT2D eigenvalue weighted by Crippen LogP contribution is 2.16. The van der Waals surface area contributed by atoms with Crippen LogP contribution >= 0.6 is 0 Å². The number of carbonyl (C=O) groups is 3. The lowest BCUT2D eigenvalue weighted by atomic mass is 10.0. The number of esters is 3. The van der Waals surface area contributed by atoms with Crippen molar-refractivity contribution in [1.82, 2.24) is 0 Å². The number of hydrogen-bond donors (Lipinski definition) is 0. The average Bonchev–Trinajstić information content (AvgIpc) is 3.35. The summed E-state index contributed by atoms with van der Waals surface area (Å²) >= 11 is 0. The van der Waals surface area contributed by atoms with E-state index in [1.54, 1.807) is 0 Å². The molecule has 0 aliphatic heterocycles. The molecule has 0 aromatic carbocycles. The Kier molecular flexibility index (Phi) is 56.2. The van der Waals surface area contributed by atoms with Crippen molar-refractivity contribution in [2.75, 3.05) is 13.2 Å². The van der Waals surface area contributed by atoms with Crippen LogP contribution in [-0.2, 0) is 28.6 Å². The molecule has 0 aliphatic carbocycles. The van der Waals surface area contributed by atoms with E-state index in [2.05, 4.69) is 57.2 Å². The first-order valence-electron chi connectivity index (χ1n) is 30.5. The second-order valence-electron chi connectivity index (χ2n) is 20.6. The van der Waals surface area contributed by atoms with Crippen molar-refractivity contribution in [3.63, 3.8) is 0 Å². The van der Waals surface area contributed by atoms with Gasteiger partial charge in [0.1, 0.15) is 13.2 Å². The van der Waals surface area contributed by atoms with E-state index in [1.807, 2.05) is 0 Å². The summed E-state index contributed by atoms with van der Waals surface area (Å²) in [6.45, 7) is 6.62. The van der Waals surface area contributed by atoms with Crippen LogP contribution in [0.1, 0.15) is 329 Å². The summed E-state index contributed by atoms with van der Waals surface area (Å²) in [7, 11) is 0. The van der Waals surface area contributed by atoms with Crippen molar-refractivity contribution in [1.29, 1.82) is 0 Å². The molecule has 0 saturated carbocycles. The van der Waals surface area contributed by atoms with Gasteiger partial charge >= 0.3 is 17.9 Å². The lowest BCUT2D eigenvalue weighted by Crippen LogP contribution is -2.30. The fraction of sp³-hybridized carbons (Fsp3) is 0.857. The first kappa shape index (κ1) is 66.6. The van der Waals surface area contributed by atoms with Gasteiger partial charge < -0.3 is 14.2 Å². The number of ether oxygens (including phenoxy) is 3. The van der Waals surface area contributed by atoms with E-state index in [9.17, 15) is 14.4 Å². The van der Waals surface area contributed by atoms with E-state index in [0.29, 0.717) is 19.3 Å². The first-order chi connectivity index (χ1) is 34.0. The Bertz CT molecular complexity index is 1160. The third-order valence-corrected chi connectivity index (χ3v) is 13.6. The number of unbranched alkanes of at least 4 members (excludes halogenated alkanes) is 39. The monoisotopic (exact) mass is 969 g/mol. The molecule has 6 heteroatoms. The number of rotatable bonds is 56. The van der Waals surface area contributed by atoms with E-state index < -0.39 is 6.10 Å². The molecular formula is C63H116O6. The molecule has 0 fully saturated rings. The second-order valence-corrected chi connectivity index (χ2v) is 20.6. The fourth-order valence-corrected chi connectivity index (χ4v) is 8.94. The predicted octanol–water partition coefficient (Wildman–Crippen LogP) is 20.4. The van der Waals surface area contributed by atoms with Gasteiger partial charge in [0.15, 0.2) is 6.10 Å². The third-order valence-electron chi connectivity index (χ3n) is 13.6. The van der Waals surface area contributed by atoms with Gasteiger partial charge in [-0.3, -0.25) is 14.4 Å². The van der Waals surface area contributed by atoms with Crippen LogP contribution in [0.3, 0.4) is 0 Å². The topological polar surface area (TPSA) is 78.9 Å². The highest BCUT2D eigenvalue weighted by molar-refractivity contribution is 5.71. The molecule has 1 atom stereocenters. The average molecular weight is 970 g/mol. The maximum Gasteiger partial charge on any atom is 0.306 e. The van der Waals surface area contributed by atoms with Crippen LogP contribution < -0.4 is 0 Å². The van der Waals surface area contributed by atoms with Crippen LogP contribution in [0.4, 0.5) is 0 Å². The number of hydrogen-bond acceptors (Lipinski definition) is 6. The van der Waals surface area contributed by atoms with Crippen LogP contribution in [0, 0.1) is 0 Å². The van der Waals surface area contributed by atoms with Crippen molar-refractivity contribution in [2.24, 2.45) is 0 Å². The summed E-state index contributed by atoms with van der Waals surface area (Å²) in [4.78, 5) is 38.1. The lowest BCUT2D eigenvalue weighted by molar-refractivity contribution is -0.167. The molecule has 0 rings (SSSR count). The molecule has 0 amide bonds. The summed E-state index contributed by atoms with van der Waals surface area (Å²) in [5.74, 6) is -0.878. The molecular weight excluding hydrogens is 853 g/mol. The smallest absolute Gasteiger partial charge is 0.306 e. The van der Waals surface area contributed by atoms with Gasteiger partial charge in [0.2, 0.25) is 0 Å². The molecule has 0 bridgehead atoms. The lowest BCUT2D eigenvalue weighted by Gasteiger charge is -2.18.